The van der Waals surface area contributed by atoms with Gasteiger partial charge in [-0.3, -0.25) is 4.79 Å². The average Bonchev–Trinajstić information content (AvgIpc) is 3.01. The molecule has 0 amide bonds. The van der Waals surface area contributed by atoms with Crippen LogP contribution >= 0.6 is 0 Å². The summed E-state index contributed by atoms with van der Waals surface area (Å²) in [5, 5.41) is 0.984. The quantitative estimate of drug-likeness (QED) is 0.740. The van der Waals surface area contributed by atoms with E-state index in [1.807, 2.05) is 18.3 Å². The van der Waals surface area contributed by atoms with Crippen molar-refractivity contribution in [3.05, 3.63) is 30.1 Å². The monoisotopic (exact) mass is 377 g/mol. The molecule has 1 aliphatic carbocycles. The van der Waals surface area contributed by atoms with E-state index in [-0.39, 0.29) is 11.7 Å². The Hall–Kier alpha value is -1.73. The standard InChI is InChI=1S/C19H27N3O3S/c1-26(24,25)22-11-9-16(14-6-3-2-4-7-14)18(23)12-15-13-21-19-17(15)8-5-10-20-19/h5,8,10,13-14,16,22H,2-4,6-7,9,11-12H2,1H3,(H,20,21). The summed E-state index contributed by atoms with van der Waals surface area (Å²) in [7, 11) is -3.23. The zero-order valence-electron chi connectivity index (χ0n) is 15.2. The van der Waals surface area contributed by atoms with Crippen LogP contribution in [0.2, 0.25) is 0 Å². The Bertz CT molecular complexity index is 854. The fourth-order valence-electron chi connectivity index (χ4n) is 4.07. The molecule has 2 N–H and O–H groups in total. The van der Waals surface area contributed by atoms with E-state index < -0.39 is 10.0 Å². The fraction of sp³-hybridized carbons (Fsp3) is 0.579. The number of pyridine rings is 1. The summed E-state index contributed by atoms with van der Waals surface area (Å²) in [6, 6.07) is 3.85. The number of nitrogens with one attached hydrogen (secondary N) is 2. The smallest absolute Gasteiger partial charge is 0.208 e. The van der Waals surface area contributed by atoms with Gasteiger partial charge in [-0.25, -0.2) is 18.1 Å². The Labute approximate surface area is 154 Å². The van der Waals surface area contributed by atoms with Crippen LogP contribution in [0.4, 0.5) is 0 Å². The number of hydrogen-bond donors (Lipinski definition) is 2. The number of Topliss-reactive ketones (excluding diaryl/α,β-unsaturated/α-hetero) is 1. The molecule has 2 aromatic heterocycles. The molecular formula is C19H27N3O3S. The molecule has 0 saturated heterocycles. The van der Waals surface area contributed by atoms with Crippen molar-refractivity contribution in [1.82, 2.24) is 14.7 Å². The van der Waals surface area contributed by atoms with Crippen LogP contribution in [0.5, 0.6) is 0 Å². The highest BCUT2D eigenvalue weighted by Crippen LogP contribution is 2.33. The zero-order chi connectivity index (χ0) is 18.6. The molecule has 1 aliphatic rings. The van der Waals surface area contributed by atoms with E-state index >= 15 is 0 Å². The summed E-state index contributed by atoms with van der Waals surface area (Å²) in [5.74, 6) is 0.476. The van der Waals surface area contributed by atoms with Gasteiger partial charge in [0.2, 0.25) is 10.0 Å². The van der Waals surface area contributed by atoms with Crippen LogP contribution in [0.1, 0.15) is 44.1 Å². The summed E-state index contributed by atoms with van der Waals surface area (Å²) < 4.78 is 25.2. The predicted molar refractivity (Wildman–Crippen MR) is 102 cm³/mol. The first-order valence-corrected chi connectivity index (χ1v) is 11.2. The van der Waals surface area contributed by atoms with E-state index in [2.05, 4.69) is 14.7 Å². The van der Waals surface area contributed by atoms with E-state index in [1.54, 1.807) is 6.20 Å². The van der Waals surface area contributed by atoms with Crippen molar-refractivity contribution in [3.63, 3.8) is 0 Å². The second-order valence-electron chi connectivity index (χ2n) is 7.32. The number of nitrogens with zero attached hydrogens (tertiary/aromatic N) is 1. The largest absolute Gasteiger partial charge is 0.346 e. The molecule has 1 saturated carbocycles. The van der Waals surface area contributed by atoms with Gasteiger partial charge in [-0.15, -0.1) is 0 Å². The number of aromatic nitrogens is 2. The van der Waals surface area contributed by atoms with Crippen LogP contribution < -0.4 is 4.72 Å². The lowest BCUT2D eigenvalue weighted by Gasteiger charge is -2.29. The number of carbonyl (C=O) groups is 1. The van der Waals surface area contributed by atoms with Crippen LogP contribution in [0.3, 0.4) is 0 Å². The van der Waals surface area contributed by atoms with E-state index in [9.17, 15) is 13.2 Å². The van der Waals surface area contributed by atoms with Gasteiger partial charge in [0.15, 0.2) is 0 Å². The van der Waals surface area contributed by atoms with Crippen LogP contribution in [0.25, 0.3) is 11.0 Å². The molecule has 26 heavy (non-hydrogen) atoms. The maximum absolute atomic E-state index is 13.1. The lowest BCUT2D eigenvalue weighted by molar-refractivity contribution is -0.124. The van der Waals surface area contributed by atoms with Crippen molar-refractivity contribution in [2.24, 2.45) is 11.8 Å². The number of aromatic amines is 1. The van der Waals surface area contributed by atoms with Crippen molar-refractivity contribution in [3.8, 4) is 0 Å². The van der Waals surface area contributed by atoms with Crippen molar-refractivity contribution in [1.29, 1.82) is 0 Å². The first kappa shape index (κ1) is 19.0. The minimum absolute atomic E-state index is 0.0915. The highest BCUT2D eigenvalue weighted by molar-refractivity contribution is 7.88. The molecule has 142 valence electrons. The lowest BCUT2D eigenvalue weighted by Crippen LogP contribution is -2.32. The van der Waals surface area contributed by atoms with Gasteiger partial charge in [0.05, 0.1) is 6.26 Å². The number of sulfonamides is 1. The van der Waals surface area contributed by atoms with Crippen molar-refractivity contribution >= 4 is 26.8 Å². The minimum atomic E-state index is -3.23. The second-order valence-corrected chi connectivity index (χ2v) is 9.15. The van der Waals surface area contributed by atoms with Crippen LogP contribution in [-0.4, -0.2) is 37.0 Å². The summed E-state index contributed by atoms with van der Waals surface area (Å²) in [4.78, 5) is 20.5. The molecule has 1 atom stereocenters. The van der Waals surface area contributed by atoms with Gasteiger partial charge in [-0.05, 0) is 42.9 Å². The number of rotatable bonds is 8. The van der Waals surface area contributed by atoms with Crippen LogP contribution in [0, 0.1) is 11.8 Å². The molecular weight excluding hydrogens is 350 g/mol. The highest BCUT2D eigenvalue weighted by atomic mass is 32.2. The van der Waals surface area contributed by atoms with Gasteiger partial charge in [-0.1, -0.05) is 19.3 Å². The number of H-pyrrole nitrogens is 1. The number of fused-ring (bicyclic) bond motifs is 1. The number of hydrogen-bond acceptors (Lipinski definition) is 4. The zero-order valence-corrected chi connectivity index (χ0v) is 16.0. The van der Waals surface area contributed by atoms with Gasteiger partial charge < -0.3 is 4.98 Å². The molecule has 0 spiro atoms. The maximum atomic E-state index is 13.1. The first-order valence-electron chi connectivity index (χ1n) is 9.32. The Balaban J connectivity index is 1.72. The third kappa shape index (κ3) is 4.92. The predicted octanol–water partition coefficient (Wildman–Crippen LogP) is 2.81. The third-order valence-corrected chi connectivity index (χ3v) is 6.08. The molecule has 2 heterocycles. The van der Waals surface area contributed by atoms with E-state index in [0.717, 1.165) is 48.5 Å². The van der Waals surface area contributed by atoms with Gasteiger partial charge in [0, 0.05) is 36.7 Å². The first-order chi connectivity index (χ1) is 12.4. The van der Waals surface area contributed by atoms with Crippen molar-refractivity contribution in [2.45, 2.75) is 44.9 Å². The summed E-state index contributed by atoms with van der Waals surface area (Å²) >= 11 is 0. The lowest BCUT2D eigenvalue weighted by atomic mass is 9.75. The summed E-state index contributed by atoms with van der Waals surface area (Å²) in [6.07, 6.45) is 11.3. The maximum Gasteiger partial charge on any atom is 0.208 e. The fourth-order valence-corrected chi connectivity index (χ4v) is 4.56. The molecule has 0 aliphatic heterocycles. The Morgan fingerprint density at radius 2 is 2.12 bits per heavy atom. The molecule has 6 nitrogen and oxygen atoms in total. The van der Waals surface area contributed by atoms with Gasteiger partial charge in [-0.2, -0.15) is 0 Å². The van der Waals surface area contributed by atoms with Crippen LogP contribution in [-0.2, 0) is 21.2 Å². The molecule has 3 rings (SSSR count). The third-order valence-electron chi connectivity index (χ3n) is 5.35. The Morgan fingerprint density at radius 3 is 2.85 bits per heavy atom. The van der Waals surface area contributed by atoms with Crippen molar-refractivity contribution < 1.29 is 13.2 Å². The van der Waals surface area contributed by atoms with Crippen LogP contribution in [0.15, 0.2) is 24.5 Å². The Kier molecular flexibility index (Phi) is 6.09. The second kappa shape index (κ2) is 8.31. The average molecular weight is 378 g/mol. The Morgan fingerprint density at radius 1 is 1.35 bits per heavy atom. The van der Waals surface area contributed by atoms with Crippen molar-refractivity contribution in [2.75, 3.05) is 12.8 Å². The SMILES string of the molecule is CS(=O)(=O)NCCC(C(=O)Cc1c[nH]c2ncccc12)C1CCCCC1. The normalized spacial score (nSPS) is 17.4. The van der Waals surface area contributed by atoms with Gasteiger partial charge >= 0.3 is 0 Å². The molecule has 0 radical (unpaired) electrons. The van der Waals surface area contributed by atoms with Gasteiger partial charge in [0.25, 0.3) is 0 Å². The molecule has 0 aromatic carbocycles. The molecule has 7 heteroatoms. The summed E-state index contributed by atoms with van der Waals surface area (Å²) in [6.45, 7) is 0.321. The van der Waals surface area contributed by atoms with Gasteiger partial charge in [0.1, 0.15) is 11.4 Å². The molecule has 1 unspecified atom stereocenters. The molecule has 0 bridgehead atoms. The highest BCUT2D eigenvalue weighted by Gasteiger charge is 2.29. The minimum Gasteiger partial charge on any atom is -0.346 e. The number of carbonyl (C=O) groups excluding carboxylic acids is 1. The molecule has 2 aromatic rings. The topological polar surface area (TPSA) is 91.9 Å². The molecule has 1 fully saturated rings. The van der Waals surface area contributed by atoms with E-state index in [0.29, 0.717) is 25.3 Å². The number of ketones is 1. The van der Waals surface area contributed by atoms with E-state index in [1.165, 1.54) is 6.42 Å². The van der Waals surface area contributed by atoms with E-state index in [4.69, 9.17) is 0 Å². The summed E-state index contributed by atoms with van der Waals surface area (Å²) in [5.41, 5.74) is 1.76.